The van der Waals surface area contributed by atoms with Crippen molar-refractivity contribution >= 4 is 0 Å². The van der Waals surface area contributed by atoms with Crippen LogP contribution in [0.2, 0.25) is 0 Å². The monoisotopic (exact) mass is 274 g/mol. The summed E-state index contributed by atoms with van der Waals surface area (Å²) >= 11 is 0. The summed E-state index contributed by atoms with van der Waals surface area (Å²) in [6.07, 6.45) is 0. The van der Waals surface area contributed by atoms with Gasteiger partial charge in [0.2, 0.25) is 0 Å². The Kier molecular flexibility index (Phi) is 3.75. The van der Waals surface area contributed by atoms with Crippen molar-refractivity contribution in [3.63, 3.8) is 0 Å². The van der Waals surface area contributed by atoms with E-state index in [4.69, 9.17) is 4.74 Å². The number of nitrogens with zero attached hydrogens (tertiary/aromatic N) is 2. The Morgan fingerprint density at radius 3 is 2.25 bits per heavy atom. The summed E-state index contributed by atoms with van der Waals surface area (Å²) in [4.78, 5) is 0. The van der Waals surface area contributed by atoms with E-state index in [-0.39, 0.29) is 11.3 Å². The predicted molar refractivity (Wildman–Crippen MR) is 80.2 cm³/mol. The lowest BCUT2D eigenvalue weighted by Gasteiger charge is -2.20. The van der Waals surface area contributed by atoms with Gasteiger partial charge in [0.15, 0.2) is 5.75 Å². The van der Waals surface area contributed by atoms with Crippen LogP contribution in [-0.2, 0) is 5.54 Å². The van der Waals surface area contributed by atoms with Crippen molar-refractivity contribution in [3.8, 4) is 22.8 Å². The van der Waals surface area contributed by atoms with Gasteiger partial charge in [0.1, 0.15) is 11.4 Å². The predicted octanol–water partition coefficient (Wildman–Crippen LogP) is 3.72. The van der Waals surface area contributed by atoms with Crippen molar-refractivity contribution in [3.05, 3.63) is 30.0 Å². The van der Waals surface area contributed by atoms with Crippen LogP contribution in [0, 0.1) is 6.92 Å². The molecule has 4 heteroatoms. The van der Waals surface area contributed by atoms with Crippen LogP contribution in [0.25, 0.3) is 11.3 Å². The maximum Gasteiger partial charge on any atom is 0.164 e. The average molecular weight is 274 g/mol. The van der Waals surface area contributed by atoms with E-state index in [0.717, 1.165) is 17.0 Å². The molecule has 0 bridgehead atoms. The van der Waals surface area contributed by atoms with Gasteiger partial charge in [-0.05, 0) is 58.9 Å². The molecule has 108 valence electrons. The first-order valence-electron chi connectivity index (χ1n) is 6.87. The molecule has 0 aliphatic carbocycles. The van der Waals surface area contributed by atoms with E-state index in [2.05, 4.69) is 25.9 Å². The average Bonchev–Trinajstić information content (AvgIpc) is 2.68. The molecule has 0 spiro atoms. The fourth-order valence-electron chi connectivity index (χ4n) is 2.22. The molecular formula is C16H22N2O2. The Balaban J connectivity index is 2.43. The lowest BCUT2D eigenvalue weighted by atomic mass is 10.1. The summed E-state index contributed by atoms with van der Waals surface area (Å²) in [5.74, 6) is 1.06. The molecule has 0 amide bonds. The van der Waals surface area contributed by atoms with E-state index >= 15 is 0 Å². The number of ether oxygens (including phenoxy) is 1. The molecule has 0 atom stereocenters. The van der Waals surface area contributed by atoms with Crippen LogP contribution >= 0.6 is 0 Å². The highest BCUT2D eigenvalue weighted by Gasteiger charge is 2.22. The van der Waals surface area contributed by atoms with Gasteiger partial charge < -0.3 is 9.84 Å². The van der Waals surface area contributed by atoms with E-state index in [0.29, 0.717) is 12.3 Å². The normalized spacial score (nSPS) is 11.7. The lowest BCUT2D eigenvalue weighted by molar-refractivity contribution is 0.340. The molecule has 0 saturated carbocycles. The quantitative estimate of drug-likeness (QED) is 0.928. The third kappa shape index (κ3) is 2.64. The van der Waals surface area contributed by atoms with E-state index < -0.39 is 0 Å². The number of benzene rings is 1. The van der Waals surface area contributed by atoms with Crippen LogP contribution < -0.4 is 4.74 Å². The van der Waals surface area contributed by atoms with Crippen molar-refractivity contribution in [2.45, 2.75) is 40.2 Å². The highest BCUT2D eigenvalue weighted by atomic mass is 16.5. The topological polar surface area (TPSA) is 47.3 Å². The van der Waals surface area contributed by atoms with Gasteiger partial charge in [-0.2, -0.15) is 5.10 Å². The van der Waals surface area contributed by atoms with E-state index in [9.17, 15) is 5.11 Å². The maximum absolute atomic E-state index is 10.3. The van der Waals surface area contributed by atoms with Gasteiger partial charge in [-0.3, -0.25) is 4.68 Å². The van der Waals surface area contributed by atoms with Crippen LogP contribution in [0.15, 0.2) is 24.3 Å². The molecule has 0 aliphatic rings. The Bertz CT molecular complexity index is 592. The van der Waals surface area contributed by atoms with Crippen LogP contribution in [-0.4, -0.2) is 21.5 Å². The number of rotatable bonds is 3. The molecule has 1 aromatic carbocycles. The molecule has 4 nitrogen and oxygen atoms in total. The van der Waals surface area contributed by atoms with Crippen molar-refractivity contribution in [2.75, 3.05) is 6.61 Å². The fraction of sp³-hybridized carbons (Fsp3) is 0.438. The molecule has 0 unspecified atom stereocenters. The second-order valence-electron chi connectivity index (χ2n) is 5.82. The van der Waals surface area contributed by atoms with Crippen LogP contribution in [0.1, 0.15) is 33.4 Å². The smallest absolute Gasteiger partial charge is 0.164 e. The second-order valence-corrected chi connectivity index (χ2v) is 5.82. The minimum Gasteiger partial charge on any atom is -0.504 e. The van der Waals surface area contributed by atoms with Crippen molar-refractivity contribution in [1.29, 1.82) is 0 Å². The van der Waals surface area contributed by atoms with E-state index in [1.165, 1.54) is 0 Å². The van der Waals surface area contributed by atoms with Gasteiger partial charge in [0, 0.05) is 5.56 Å². The van der Waals surface area contributed by atoms with E-state index in [1.807, 2.05) is 42.8 Å². The van der Waals surface area contributed by atoms with Gasteiger partial charge in [0.05, 0.1) is 17.8 Å². The number of aromatic nitrogens is 2. The van der Waals surface area contributed by atoms with Crippen molar-refractivity contribution < 1.29 is 9.84 Å². The van der Waals surface area contributed by atoms with Gasteiger partial charge in [-0.15, -0.1) is 0 Å². The highest BCUT2D eigenvalue weighted by molar-refractivity contribution is 5.67. The molecule has 1 aromatic heterocycles. The van der Waals surface area contributed by atoms with Crippen LogP contribution in [0.5, 0.6) is 11.5 Å². The maximum atomic E-state index is 10.3. The summed E-state index contributed by atoms with van der Waals surface area (Å²) in [7, 11) is 0. The van der Waals surface area contributed by atoms with Crippen molar-refractivity contribution in [1.82, 2.24) is 9.78 Å². The molecule has 1 heterocycles. The van der Waals surface area contributed by atoms with Crippen LogP contribution in [0.4, 0.5) is 0 Å². The molecule has 20 heavy (non-hydrogen) atoms. The number of aromatic hydroxyl groups is 1. The summed E-state index contributed by atoms with van der Waals surface area (Å²) in [6, 6.07) is 7.62. The van der Waals surface area contributed by atoms with Gasteiger partial charge in [0.25, 0.3) is 0 Å². The van der Waals surface area contributed by atoms with Crippen molar-refractivity contribution in [2.24, 2.45) is 0 Å². The SMILES string of the molecule is CCOc1ccc(-c2nn(C(C)(C)C)c(C)c2O)cc1. The first-order valence-corrected chi connectivity index (χ1v) is 6.87. The minimum atomic E-state index is -0.162. The molecule has 1 N–H and O–H groups in total. The molecule has 0 saturated heterocycles. The van der Waals surface area contributed by atoms with Gasteiger partial charge >= 0.3 is 0 Å². The van der Waals surface area contributed by atoms with Crippen LogP contribution in [0.3, 0.4) is 0 Å². The fourth-order valence-corrected chi connectivity index (χ4v) is 2.22. The molecule has 0 radical (unpaired) electrons. The highest BCUT2D eigenvalue weighted by Crippen LogP contribution is 2.34. The molecule has 0 aliphatic heterocycles. The number of hydrogen-bond donors (Lipinski definition) is 1. The standard InChI is InChI=1S/C16H22N2O2/c1-6-20-13-9-7-12(8-10-13)14-15(19)11(2)18(17-14)16(3,4)5/h7-10,19H,6H2,1-5H3. The van der Waals surface area contributed by atoms with Gasteiger partial charge in [-0.1, -0.05) is 0 Å². The summed E-state index contributed by atoms with van der Waals surface area (Å²) in [6.45, 7) is 10.7. The summed E-state index contributed by atoms with van der Waals surface area (Å²) in [5.41, 5.74) is 2.12. The zero-order chi connectivity index (χ0) is 14.9. The lowest BCUT2D eigenvalue weighted by Crippen LogP contribution is -2.24. The first-order chi connectivity index (χ1) is 9.34. The Labute approximate surface area is 120 Å². The Morgan fingerprint density at radius 1 is 1.20 bits per heavy atom. The molecule has 2 rings (SSSR count). The number of hydrogen-bond acceptors (Lipinski definition) is 3. The zero-order valence-corrected chi connectivity index (χ0v) is 12.8. The third-order valence-electron chi connectivity index (χ3n) is 3.16. The van der Waals surface area contributed by atoms with Gasteiger partial charge in [-0.25, -0.2) is 0 Å². The minimum absolute atomic E-state index is 0.162. The Hall–Kier alpha value is -1.97. The largest absolute Gasteiger partial charge is 0.504 e. The third-order valence-corrected chi connectivity index (χ3v) is 3.16. The molecule has 2 aromatic rings. The second kappa shape index (κ2) is 5.19. The molecule has 0 fully saturated rings. The Morgan fingerprint density at radius 2 is 1.80 bits per heavy atom. The summed E-state index contributed by atoms with van der Waals surface area (Å²) in [5, 5.41) is 14.8. The molecular weight excluding hydrogens is 252 g/mol. The van der Waals surface area contributed by atoms with E-state index in [1.54, 1.807) is 0 Å². The zero-order valence-electron chi connectivity index (χ0n) is 12.8. The summed E-state index contributed by atoms with van der Waals surface area (Å²) < 4.78 is 7.28. The first kappa shape index (κ1) is 14.4.